The van der Waals surface area contributed by atoms with Crippen molar-refractivity contribution in [2.45, 2.75) is 44.6 Å². The Balaban J connectivity index is 1.39. The van der Waals surface area contributed by atoms with E-state index in [0.29, 0.717) is 12.8 Å². The fraction of sp³-hybridized carbons (Fsp3) is 0.450. The number of rotatable bonds is 4. The zero-order chi connectivity index (χ0) is 18.1. The lowest BCUT2D eigenvalue weighted by Crippen LogP contribution is -2.32. The molecule has 1 fully saturated rings. The number of aromatic nitrogens is 2. The van der Waals surface area contributed by atoms with Crippen LogP contribution in [0.2, 0.25) is 0 Å². The van der Waals surface area contributed by atoms with Gasteiger partial charge in [0.25, 0.3) is 0 Å². The van der Waals surface area contributed by atoms with Gasteiger partial charge in [-0.2, -0.15) is 5.10 Å². The number of hydrogen-bond donors (Lipinski definition) is 1. The SMILES string of the molecule is Cn1ncc2c1CCCC2NC(=O)Cc1ccc(N2CCCC2=O)cc1. The van der Waals surface area contributed by atoms with Crippen LogP contribution in [0.15, 0.2) is 30.5 Å². The predicted octanol–water partition coefficient (Wildman–Crippen LogP) is 2.28. The lowest BCUT2D eigenvalue weighted by atomic mass is 9.93. The first-order valence-electron chi connectivity index (χ1n) is 9.31. The van der Waals surface area contributed by atoms with Crippen molar-refractivity contribution in [3.63, 3.8) is 0 Å². The number of carbonyl (C=O) groups excluding carboxylic acids is 2. The van der Waals surface area contributed by atoms with Gasteiger partial charge >= 0.3 is 0 Å². The molecule has 26 heavy (non-hydrogen) atoms. The Kier molecular flexibility index (Phi) is 4.49. The maximum atomic E-state index is 12.5. The Bertz CT molecular complexity index is 825. The topological polar surface area (TPSA) is 67.2 Å². The van der Waals surface area contributed by atoms with Crippen molar-refractivity contribution in [1.82, 2.24) is 15.1 Å². The van der Waals surface area contributed by atoms with Gasteiger partial charge in [-0.15, -0.1) is 0 Å². The van der Waals surface area contributed by atoms with Crippen LogP contribution in [0.25, 0.3) is 0 Å². The van der Waals surface area contributed by atoms with Crippen molar-refractivity contribution in [1.29, 1.82) is 0 Å². The van der Waals surface area contributed by atoms with Crippen LogP contribution in [0, 0.1) is 0 Å². The van der Waals surface area contributed by atoms with Gasteiger partial charge in [-0.3, -0.25) is 14.3 Å². The first-order valence-corrected chi connectivity index (χ1v) is 9.31. The van der Waals surface area contributed by atoms with Crippen molar-refractivity contribution in [3.8, 4) is 0 Å². The van der Waals surface area contributed by atoms with E-state index in [1.165, 1.54) is 5.69 Å². The summed E-state index contributed by atoms with van der Waals surface area (Å²) in [5.41, 5.74) is 4.25. The molecule has 2 aliphatic rings. The number of nitrogens with zero attached hydrogens (tertiary/aromatic N) is 3. The van der Waals surface area contributed by atoms with E-state index in [-0.39, 0.29) is 17.9 Å². The maximum Gasteiger partial charge on any atom is 0.227 e. The quantitative estimate of drug-likeness (QED) is 0.918. The van der Waals surface area contributed by atoms with Gasteiger partial charge in [-0.1, -0.05) is 12.1 Å². The zero-order valence-electron chi connectivity index (χ0n) is 15.1. The van der Waals surface area contributed by atoms with Crippen LogP contribution < -0.4 is 10.2 Å². The van der Waals surface area contributed by atoms with Crippen molar-refractivity contribution in [2.75, 3.05) is 11.4 Å². The van der Waals surface area contributed by atoms with E-state index < -0.39 is 0 Å². The average Bonchev–Trinajstić information content (AvgIpc) is 3.23. The third-order valence-electron chi connectivity index (χ3n) is 5.40. The third kappa shape index (κ3) is 3.23. The Hall–Kier alpha value is -2.63. The lowest BCUT2D eigenvalue weighted by Gasteiger charge is -2.24. The summed E-state index contributed by atoms with van der Waals surface area (Å²) < 4.78 is 1.91. The molecule has 1 saturated heterocycles. The van der Waals surface area contributed by atoms with Crippen LogP contribution in [-0.4, -0.2) is 28.1 Å². The number of nitrogens with one attached hydrogen (secondary N) is 1. The molecule has 6 nitrogen and oxygen atoms in total. The van der Waals surface area contributed by atoms with E-state index in [1.54, 1.807) is 0 Å². The number of fused-ring (bicyclic) bond motifs is 1. The third-order valence-corrected chi connectivity index (χ3v) is 5.40. The molecule has 2 aromatic rings. The molecular formula is C20H24N4O2. The molecule has 1 unspecified atom stereocenters. The molecule has 0 radical (unpaired) electrons. The summed E-state index contributed by atoms with van der Waals surface area (Å²) in [6.45, 7) is 0.786. The molecular weight excluding hydrogens is 328 g/mol. The molecule has 1 aromatic heterocycles. The van der Waals surface area contributed by atoms with Gasteiger partial charge in [-0.25, -0.2) is 0 Å². The molecule has 0 bridgehead atoms. The highest BCUT2D eigenvalue weighted by atomic mass is 16.2. The number of hydrogen-bond acceptors (Lipinski definition) is 3. The second-order valence-corrected chi connectivity index (χ2v) is 7.17. The summed E-state index contributed by atoms with van der Waals surface area (Å²) in [7, 11) is 1.95. The lowest BCUT2D eigenvalue weighted by molar-refractivity contribution is -0.121. The molecule has 2 heterocycles. The van der Waals surface area contributed by atoms with Crippen LogP contribution in [0.5, 0.6) is 0 Å². The van der Waals surface area contributed by atoms with E-state index in [0.717, 1.165) is 49.0 Å². The second kappa shape index (κ2) is 6.94. The van der Waals surface area contributed by atoms with E-state index in [1.807, 2.05) is 47.1 Å². The minimum Gasteiger partial charge on any atom is -0.349 e. The van der Waals surface area contributed by atoms with Crippen LogP contribution in [0.1, 0.15) is 48.5 Å². The first kappa shape index (κ1) is 16.8. The van der Waals surface area contributed by atoms with Crippen LogP contribution in [0.4, 0.5) is 5.69 Å². The molecule has 1 aliphatic carbocycles. The molecule has 2 amide bonds. The minimum atomic E-state index is 0.0247. The van der Waals surface area contributed by atoms with E-state index in [4.69, 9.17) is 0 Å². The zero-order valence-corrected chi connectivity index (χ0v) is 15.1. The summed E-state index contributed by atoms with van der Waals surface area (Å²) in [6.07, 6.45) is 6.82. The van der Waals surface area contributed by atoms with Crippen LogP contribution in [0.3, 0.4) is 0 Å². The highest BCUT2D eigenvalue weighted by Crippen LogP contribution is 2.29. The van der Waals surface area contributed by atoms with Gasteiger partial charge in [0.15, 0.2) is 0 Å². The van der Waals surface area contributed by atoms with Crippen molar-refractivity contribution >= 4 is 17.5 Å². The first-order chi connectivity index (χ1) is 12.6. The van der Waals surface area contributed by atoms with Crippen molar-refractivity contribution in [3.05, 3.63) is 47.3 Å². The average molecular weight is 352 g/mol. The summed E-state index contributed by atoms with van der Waals surface area (Å²) in [5.74, 6) is 0.205. The second-order valence-electron chi connectivity index (χ2n) is 7.17. The molecule has 1 aromatic carbocycles. The normalized spacial score (nSPS) is 19.5. The van der Waals surface area contributed by atoms with Gasteiger partial charge < -0.3 is 10.2 Å². The largest absolute Gasteiger partial charge is 0.349 e. The minimum absolute atomic E-state index is 0.0247. The number of carbonyl (C=O) groups is 2. The maximum absolute atomic E-state index is 12.5. The Morgan fingerprint density at radius 2 is 2.04 bits per heavy atom. The molecule has 136 valence electrons. The van der Waals surface area contributed by atoms with Crippen molar-refractivity contribution in [2.24, 2.45) is 7.05 Å². The smallest absolute Gasteiger partial charge is 0.227 e. The standard InChI is InChI=1S/C20H24N4O2/c1-23-18-5-2-4-17(16(18)13-21-23)22-19(25)12-14-7-9-15(10-8-14)24-11-3-6-20(24)26/h7-10,13,17H,2-6,11-12H2,1H3,(H,22,25). The Labute approximate surface area is 153 Å². The van der Waals surface area contributed by atoms with Gasteiger partial charge in [0, 0.05) is 37.0 Å². The number of benzene rings is 1. The summed E-state index contributed by atoms with van der Waals surface area (Å²) in [4.78, 5) is 26.1. The summed E-state index contributed by atoms with van der Waals surface area (Å²) in [5, 5.41) is 7.48. The van der Waals surface area contributed by atoms with Crippen molar-refractivity contribution < 1.29 is 9.59 Å². The van der Waals surface area contributed by atoms with Gasteiger partial charge in [-0.05, 0) is 43.4 Å². The van der Waals surface area contributed by atoms with E-state index in [2.05, 4.69) is 10.4 Å². The number of anilines is 1. The fourth-order valence-corrected chi connectivity index (χ4v) is 4.00. The van der Waals surface area contributed by atoms with Crippen LogP contribution in [-0.2, 0) is 29.5 Å². The van der Waals surface area contributed by atoms with E-state index in [9.17, 15) is 9.59 Å². The molecule has 4 rings (SSSR count). The summed E-state index contributed by atoms with van der Waals surface area (Å²) in [6, 6.07) is 7.81. The monoisotopic (exact) mass is 352 g/mol. The highest BCUT2D eigenvalue weighted by molar-refractivity contribution is 5.95. The van der Waals surface area contributed by atoms with Gasteiger partial charge in [0.05, 0.1) is 18.7 Å². The molecule has 0 spiro atoms. The molecule has 1 atom stereocenters. The highest BCUT2D eigenvalue weighted by Gasteiger charge is 2.25. The molecule has 1 N–H and O–H groups in total. The van der Waals surface area contributed by atoms with Gasteiger partial charge in [0.1, 0.15) is 0 Å². The number of aryl methyl sites for hydroxylation is 1. The molecule has 6 heteroatoms. The predicted molar refractivity (Wildman–Crippen MR) is 98.8 cm³/mol. The molecule has 1 aliphatic heterocycles. The summed E-state index contributed by atoms with van der Waals surface area (Å²) >= 11 is 0. The Morgan fingerprint density at radius 1 is 1.23 bits per heavy atom. The fourth-order valence-electron chi connectivity index (χ4n) is 4.00. The Morgan fingerprint density at radius 3 is 2.77 bits per heavy atom. The van der Waals surface area contributed by atoms with E-state index >= 15 is 0 Å². The molecule has 0 saturated carbocycles. The van der Waals surface area contributed by atoms with Gasteiger partial charge in [0.2, 0.25) is 11.8 Å². The van der Waals surface area contributed by atoms with Crippen LogP contribution >= 0.6 is 0 Å². The number of amides is 2.